The van der Waals surface area contributed by atoms with Crippen molar-refractivity contribution >= 4 is 29.2 Å². The molecule has 1 saturated heterocycles. The number of carbonyl (C=O) groups is 2. The minimum atomic E-state index is -0.722. The lowest BCUT2D eigenvalue weighted by atomic mass is 10.1. The summed E-state index contributed by atoms with van der Waals surface area (Å²) < 4.78 is 13.6. The maximum Gasteiger partial charge on any atom is 0.249 e. The van der Waals surface area contributed by atoms with Gasteiger partial charge >= 0.3 is 0 Å². The fraction of sp³-hybridized carbons (Fsp3) is 0.400. The normalized spacial score (nSPS) is 19.9. The van der Waals surface area contributed by atoms with E-state index in [-0.39, 0.29) is 17.6 Å². The van der Waals surface area contributed by atoms with Crippen LogP contribution in [0.5, 0.6) is 0 Å². The first-order valence-electron chi connectivity index (χ1n) is 5.31. The van der Waals surface area contributed by atoms with Crippen molar-refractivity contribution in [3.63, 3.8) is 0 Å². The number of amides is 2. The Morgan fingerprint density at radius 1 is 1.61 bits per heavy atom. The number of piperazine rings is 1. The molecule has 0 aliphatic carbocycles. The molecule has 96 valence electrons. The molecule has 2 amide bonds. The van der Waals surface area contributed by atoms with E-state index in [9.17, 15) is 14.0 Å². The van der Waals surface area contributed by atoms with Gasteiger partial charge in [0.15, 0.2) is 11.6 Å². The van der Waals surface area contributed by atoms with Gasteiger partial charge in [-0.3, -0.25) is 14.9 Å². The fourth-order valence-corrected chi connectivity index (χ4v) is 1.96. The standard InChI is InChI=1S/C10H10ClFN4O2/c1-2-6-9(18)14-7(17)4-16(6)8-5(12)3-13-10(11)15-8/h3,6H,2,4H2,1H3,(H,14,17,18). The monoisotopic (exact) mass is 272 g/mol. The molecule has 0 spiro atoms. The van der Waals surface area contributed by atoms with Crippen molar-refractivity contribution < 1.29 is 14.0 Å². The molecule has 1 aliphatic heterocycles. The second-order valence-electron chi connectivity index (χ2n) is 3.77. The summed E-state index contributed by atoms with van der Waals surface area (Å²) in [5.41, 5.74) is 0. The third-order valence-electron chi connectivity index (χ3n) is 2.61. The lowest BCUT2D eigenvalue weighted by Crippen LogP contribution is -2.58. The van der Waals surface area contributed by atoms with Crippen molar-refractivity contribution in [2.45, 2.75) is 19.4 Å². The van der Waals surface area contributed by atoms with Crippen LogP contribution in [-0.4, -0.2) is 34.4 Å². The summed E-state index contributed by atoms with van der Waals surface area (Å²) in [5, 5.41) is 2.06. The van der Waals surface area contributed by atoms with Gasteiger partial charge in [-0.05, 0) is 18.0 Å². The van der Waals surface area contributed by atoms with Gasteiger partial charge in [-0.2, -0.15) is 4.98 Å². The molecule has 0 saturated carbocycles. The first kappa shape index (κ1) is 12.7. The van der Waals surface area contributed by atoms with E-state index in [2.05, 4.69) is 15.3 Å². The summed E-state index contributed by atoms with van der Waals surface area (Å²) >= 11 is 5.60. The summed E-state index contributed by atoms with van der Waals surface area (Å²) in [6.07, 6.45) is 1.33. The van der Waals surface area contributed by atoms with Crippen LogP contribution in [0.15, 0.2) is 6.20 Å². The molecule has 1 N–H and O–H groups in total. The summed E-state index contributed by atoms with van der Waals surface area (Å²) in [7, 11) is 0. The second-order valence-corrected chi connectivity index (χ2v) is 4.11. The third-order valence-corrected chi connectivity index (χ3v) is 2.79. The first-order chi connectivity index (χ1) is 8.52. The molecular formula is C10H10ClFN4O2. The molecule has 1 atom stereocenters. The molecule has 2 heterocycles. The van der Waals surface area contributed by atoms with Crippen molar-refractivity contribution in [1.82, 2.24) is 15.3 Å². The van der Waals surface area contributed by atoms with Crippen molar-refractivity contribution in [2.75, 3.05) is 11.4 Å². The number of aromatic nitrogens is 2. The third kappa shape index (κ3) is 2.26. The van der Waals surface area contributed by atoms with Gasteiger partial charge in [-0.25, -0.2) is 9.37 Å². The summed E-state index contributed by atoms with van der Waals surface area (Å²) in [6, 6.07) is -0.650. The average Bonchev–Trinajstić information content (AvgIpc) is 2.31. The topological polar surface area (TPSA) is 75.2 Å². The van der Waals surface area contributed by atoms with E-state index in [1.807, 2.05) is 0 Å². The van der Waals surface area contributed by atoms with E-state index in [0.29, 0.717) is 6.42 Å². The number of nitrogens with zero attached hydrogens (tertiary/aromatic N) is 3. The Morgan fingerprint density at radius 2 is 2.33 bits per heavy atom. The number of rotatable bonds is 2. The Balaban J connectivity index is 2.42. The van der Waals surface area contributed by atoms with Crippen LogP contribution in [0.25, 0.3) is 0 Å². The molecule has 6 nitrogen and oxygen atoms in total. The fourth-order valence-electron chi connectivity index (χ4n) is 1.83. The van der Waals surface area contributed by atoms with Gasteiger partial charge in [0.05, 0.1) is 12.7 Å². The number of imide groups is 1. The van der Waals surface area contributed by atoms with Crippen LogP contribution in [0.2, 0.25) is 5.28 Å². The van der Waals surface area contributed by atoms with Crippen molar-refractivity contribution in [3.05, 3.63) is 17.3 Å². The number of halogens is 2. The second kappa shape index (κ2) is 4.85. The van der Waals surface area contributed by atoms with E-state index in [1.54, 1.807) is 6.92 Å². The van der Waals surface area contributed by atoms with Gasteiger partial charge in [0.1, 0.15) is 6.04 Å². The lowest BCUT2D eigenvalue weighted by Gasteiger charge is -2.34. The molecule has 2 rings (SSSR count). The van der Waals surface area contributed by atoms with E-state index < -0.39 is 23.7 Å². The lowest BCUT2D eigenvalue weighted by molar-refractivity contribution is -0.132. The van der Waals surface area contributed by atoms with Crippen LogP contribution in [-0.2, 0) is 9.59 Å². The zero-order chi connectivity index (χ0) is 13.3. The van der Waals surface area contributed by atoms with Crippen molar-refractivity contribution in [3.8, 4) is 0 Å². The Kier molecular flexibility index (Phi) is 3.42. The summed E-state index contributed by atoms with van der Waals surface area (Å²) in [6.45, 7) is 1.61. The highest BCUT2D eigenvalue weighted by Crippen LogP contribution is 2.22. The molecule has 1 fully saturated rings. The Hall–Kier alpha value is -1.76. The molecular weight excluding hydrogens is 263 g/mol. The highest BCUT2D eigenvalue weighted by atomic mass is 35.5. The maximum absolute atomic E-state index is 13.6. The zero-order valence-electron chi connectivity index (χ0n) is 9.48. The zero-order valence-corrected chi connectivity index (χ0v) is 10.2. The van der Waals surface area contributed by atoms with Crippen LogP contribution in [0.1, 0.15) is 13.3 Å². The minimum absolute atomic E-state index is 0.134. The first-order valence-corrected chi connectivity index (χ1v) is 5.69. The predicted octanol–water partition coefficient (Wildman–Crippen LogP) is 0.510. The van der Waals surface area contributed by atoms with Gasteiger partial charge in [0.2, 0.25) is 17.1 Å². The molecule has 1 aromatic heterocycles. The molecule has 0 bridgehead atoms. The Bertz CT molecular complexity index is 511. The SMILES string of the molecule is CCC1C(=O)NC(=O)CN1c1nc(Cl)ncc1F. The molecule has 8 heteroatoms. The van der Waals surface area contributed by atoms with E-state index in [1.165, 1.54) is 4.90 Å². The Labute approximate surface area is 107 Å². The van der Waals surface area contributed by atoms with Crippen LogP contribution in [0, 0.1) is 5.82 Å². The number of nitrogens with one attached hydrogen (secondary N) is 1. The van der Waals surface area contributed by atoms with Crippen molar-refractivity contribution in [1.29, 1.82) is 0 Å². The van der Waals surface area contributed by atoms with Crippen LogP contribution in [0.3, 0.4) is 0 Å². The van der Waals surface area contributed by atoms with Gasteiger partial charge < -0.3 is 4.90 Å². The van der Waals surface area contributed by atoms with E-state index in [0.717, 1.165) is 6.20 Å². The van der Waals surface area contributed by atoms with Crippen LogP contribution < -0.4 is 10.2 Å². The van der Waals surface area contributed by atoms with Crippen LogP contribution in [0.4, 0.5) is 10.2 Å². The van der Waals surface area contributed by atoms with Gasteiger partial charge in [-0.15, -0.1) is 0 Å². The summed E-state index contributed by atoms with van der Waals surface area (Å²) in [4.78, 5) is 31.5. The number of carbonyl (C=O) groups excluding carboxylic acids is 2. The van der Waals surface area contributed by atoms with Gasteiger partial charge in [0.25, 0.3) is 0 Å². The van der Waals surface area contributed by atoms with E-state index >= 15 is 0 Å². The maximum atomic E-state index is 13.6. The molecule has 1 aromatic rings. The number of anilines is 1. The summed E-state index contributed by atoms with van der Waals surface area (Å²) in [5.74, 6) is -1.83. The number of hydrogen-bond donors (Lipinski definition) is 1. The number of hydrogen-bond acceptors (Lipinski definition) is 5. The van der Waals surface area contributed by atoms with Crippen molar-refractivity contribution in [2.24, 2.45) is 0 Å². The highest BCUT2D eigenvalue weighted by Gasteiger charge is 2.34. The Morgan fingerprint density at radius 3 is 3.00 bits per heavy atom. The van der Waals surface area contributed by atoms with Crippen LogP contribution >= 0.6 is 11.6 Å². The molecule has 1 unspecified atom stereocenters. The minimum Gasteiger partial charge on any atom is -0.333 e. The molecule has 1 aliphatic rings. The average molecular weight is 273 g/mol. The quantitative estimate of drug-likeness (QED) is 0.627. The van der Waals surface area contributed by atoms with E-state index in [4.69, 9.17) is 11.6 Å². The molecule has 0 aromatic carbocycles. The van der Waals surface area contributed by atoms with Gasteiger partial charge in [-0.1, -0.05) is 6.92 Å². The predicted molar refractivity (Wildman–Crippen MR) is 61.6 cm³/mol. The smallest absolute Gasteiger partial charge is 0.249 e. The molecule has 0 radical (unpaired) electrons. The van der Waals surface area contributed by atoms with Gasteiger partial charge in [0, 0.05) is 0 Å². The highest BCUT2D eigenvalue weighted by molar-refractivity contribution is 6.28. The molecule has 18 heavy (non-hydrogen) atoms. The largest absolute Gasteiger partial charge is 0.333 e.